The topological polar surface area (TPSA) is 59.0 Å². The number of likely N-dealkylation sites (N-methyl/N-ethyl adjacent to an activating group) is 1. The summed E-state index contributed by atoms with van der Waals surface area (Å²) in [5, 5.41) is 3.43. The van der Waals surface area contributed by atoms with E-state index in [0.29, 0.717) is 0 Å². The van der Waals surface area contributed by atoms with Gasteiger partial charge in [-0.15, -0.1) is 0 Å². The number of nitrogens with zero attached hydrogens (tertiary/aromatic N) is 3. The van der Waals surface area contributed by atoms with Crippen molar-refractivity contribution in [2.45, 2.75) is 19.8 Å². The average Bonchev–Trinajstić information content (AvgIpc) is 2.70. The molecule has 1 aromatic heterocycles. The van der Waals surface area contributed by atoms with Crippen LogP contribution in [0.3, 0.4) is 0 Å². The Labute approximate surface area is 162 Å². The number of hydrogen-bond donors (Lipinski definition) is 1. The Morgan fingerprint density at radius 1 is 1.15 bits per heavy atom. The van der Waals surface area contributed by atoms with Crippen LogP contribution in [0.5, 0.6) is 11.5 Å². The highest BCUT2D eigenvalue weighted by atomic mass is 16.5. The number of nitrogens with one attached hydrogen (secondary N) is 1. The van der Waals surface area contributed by atoms with Crippen LogP contribution in [0.4, 0.5) is 0 Å². The van der Waals surface area contributed by atoms with Gasteiger partial charge in [-0.25, -0.2) is 0 Å². The molecule has 6 nitrogen and oxygen atoms in total. The molecule has 0 bridgehead atoms. The molecule has 0 amide bonds. The molecule has 0 atom stereocenters. The van der Waals surface area contributed by atoms with E-state index < -0.39 is 0 Å². The van der Waals surface area contributed by atoms with Crippen molar-refractivity contribution in [3.8, 4) is 11.5 Å². The standard InChI is InChI=1S/C21H30N4O2/c1-16-15-23-11-8-18(16)9-12-24-21(22-2)25(3)13-10-17-6-7-19(26-4)20(14-17)27-5/h6-8,11,14-15H,9-10,12-13H2,1-5H3,(H,22,24). The molecule has 1 heterocycles. The summed E-state index contributed by atoms with van der Waals surface area (Å²) in [6, 6.07) is 8.10. The maximum absolute atomic E-state index is 5.38. The summed E-state index contributed by atoms with van der Waals surface area (Å²) in [5.74, 6) is 2.40. The summed E-state index contributed by atoms with van der Waals surface area (Å²) in [7, 11) is 7.17. The van der Waals surface area contributed by atoms with Crippen LogP contribution >= 0.6 is 0 Å². The van der Waals surface area contributed by atoms with Gasteiger partial charge in [0.25, 0.3) is 0 Å². The number of methoxy groups -OCH3 is 2. The van der Waals surface area contributed by atoms with Crippen molar-refractivity contribution in [1.82, 2.24) is 15.2 Å². The van der Waals surface area contributed by atoms with Crippen LogP contribution in [-0.4, -0.2) is 57.2 Å². The fourth-order valence-electron chi connectivity index (χ4n) is 2.92. The second-order valence-corrected chi connectivity index (χ2v) is 6.39. The first-order valence-electron chi connectivity index (χ1n) is 9.11. The average molecular weight is 370 g/mol. The first-order valence-corrected chi connectivity index (χ1v) is 9.11. The minimum Gasteiger partial charge on any atom is -0.493 e. The summed E-state index contributed by atoms with van der Waals surface area (Å²) in [6.45, 7) is 3.77. The number of aliphatic imine (C=N–C) groups is 1. The number of aromatic nitrogens is 1. The van der Waals surface area contributed by atoms with Gasteiger partial charge in [0.05, 0.1) is 14.2 Å². The van der Waals surface area contributed by atoms with Crippen molar-refractivity contribution in [3.63, 3.8) is 0 Å². The normalized spacial score (nSPS) is 11.2. The van der Waals surface area contributed by atoms with E-state index in [2.05, 4.69) is 39.2 Å². The fourth-order valence-corrected chi connectivity index (χ4v) is 2.92. The smallest absolute Gasteiger partial charge is 0.193 e. The number of aryl methyl sites for hydroxylation is 1. The molecule has 1 aromatic carbocycles. The van der Waals surface area contributed by atoms with Gasteiger partial charge in [-0.05, 0) is 54.7 Å². The molecular formula is C21H30N4O2. The molecule has 0 spiro atoms. The van der Waals surface area contributed by atoms with Crippen molar-refractivity contribution >= 4 is 5.96 Å². The number of ether oxygens (including phenoxy) is 2. The maximum Gasteiger partial charge on any atom is 0.193 e. The number of benzene rings is 1. The lowest BCUT2D eigenvalue weighted by molar-refractivity contribution is 0.354. The molecular weight excluding hydrogens is 340 g/mol. The van der Waals surface area contributed by atoms with Crippen LogP contribution in [0.15, 0.2) is 41.7 Å². The zero-order valence-corrected chi connectivity index (χ0v) is 17.0. The quantitative estimate of drug-likeness (QED) is 0.572. The predicted octanol–water partition coefficient (Wildman–Crippen LogP) is 2.70. The van der Waals surface area contributed by atoms with Gasteiger partial charge in [-0.1, -0.05) is 6.07 Å². The van der Waals surface area contributed by atoms with Crippen molar-refractivity contribution in [3.05, 3.63) is 53.3 Å². The van der Waals surface area contributed by atoms with Gasteiger partial charge < -0.3 is 19.7 Å². The number of pyridine rings is 1. The van der Waals surface area contributed by atoms with E-state index in [4.69, 9.17) is 9.47 Å². The Hall–Kier alpha value is -2.76. The summed E-state index contributed by atoms with van der Waals surface area (Å²) >= 11 is 0. The van der Waals surface area contributed by atoms with Crippen LogP contribution in [0, 0.1) is 6.92 Å². The van der Waals surface area contributed by atoms with Crippen molar-refractivity contribution in [2.24, 2.45) is 4.99 Å². The highest BCUT2D eigenvalue weighted by Crippen LogP contribution is 2.27. The molecule has 0 unspecified atom stereocenters. The molecule has 0 saturated carbocycles. The number of rotatable bonds is 8. The largest absolute Gasteiger partial charge is 0.493 e. The number of guanidine groups is 1. The zero-order valence-electron chi connectivity index (χ0n) is 17.0. The molecule has 6 heteroatoms. The van der Waals surface area contributed by atoms with E-state index in [-0.39, 0.29) is 0 Å². The summed E-state index contributed by atoms with van der Waals surface area (Å²) in [6.07, 6.45) is 5.57. The summed E-state index contributed by atoms with van der Waals surface area (Å²) in [5.41, 5.74) is 3.72. The summed E-state index contributed by atoms with van der Waals surface area (Å²) < 4.78 is 10.7. The van der Waals surface area contributed by atoms with Crippen LogP contribution in [0.2, 0.25) is 0 Å². The van der Waals surface area contributed by atoms with Crippen molar-refractivity contribution in [2.75, 3.05) is 41.4 Å². The van der Waals surface area contributed by atoms with Crippen LogP contribution in [0.1, 0.15) is 16.7 Å². The molecule has 0 fully saturated rings. The Bertz CT molecular complexity index is 762. The third-order valence-electron chi connectivity index (χ3n) is 4.57. The molecule has 0 aliphatic rings. The van der Waals surface area contributed by atoms with E-state index >= 15 is 0 Å². The number of hydrogen-bond acceptors (Lipinski definition) is 4. The summed E-state index contributed by atoms with van der Waals surface area (Å²) in [4.78, 5) is 10.7. The van der Waals surface area contributed by atoms with Gasteiger partial charge >= 0.3 is 0 Å². The zero-order chi connectivity index (χ0) is 19.6. The Balaban J connectivity index is 1.86. The van der Waals surface area contributed by atoms with Gasteiger partial charge in [-0.2, -0.15) is 0 Å². The molecule has 0 aliphatic carbocycles. The molecule has 2 aromatic rings. The fraction of sp³-hybridized carbons (Fsp3) is 0.429. The minimum absolute atomic E-state index is 0.749. The molecule has 0 aliphatic heterocycles. The second-order valence-electron chi connectivity index (χ2n) is 6.39. The first-order chi connectivity index (χ1) is 13.1. The van der Waals surface area contributed by atoms with Gasteiger partial charge in [0.1, 0.15) is 0 Å². The lowest BCUT2D eigenvalue weighted by Gasteiger charge is -2.22. The molecule has 27 heavy (non-hydrogen) atoms. The van der Waals surface area contributed by atoms with E-state index in [1.165, 1.54) is 16.7 Å². The highest BCUT2D eigenvalue weighted by Gasteiger charge is 2.08. The Kier molecular flexibility index (Phi) is 7.92. The second kappa shape index (κ2) is 10.4. The molecule has 1 N–H and O–H groups in total. The van der Waals surface area contributed by atoms with Crippen LogP contribution < -0.4 is 14.8 Å². The molecule has 0 radical (unpaired) electrons. The first kappa shape index (κ1) is 20.6. The maximum atomic E-state index is 5.38. The Morgan fingerprint density at radius 2 is 1.93 bits per heavy atom. The van der Waals surface area contributed by atoms with E-state index in [9.17, 15) is 0 Å². The minimum atomic E-state index is 0.749. The van der Waals surface area contributed by atoms with Gasteiger partial charge in [0.2, 0.25) is 0 Å². The predicted molar refractivity (Wildman–Crippen MR) is 110 cm³/mol. The van der Waals surface area contributed by atoms with Crippen LogP contribution in [-0.2, 0) is 12.8 Å². The molecule has 0 saturated heterocycles. The SMILES string of the molecule is CN=C(NCCc1ccncc1C)N(C)CCc1ccc(OC)c(OC)c1. The highest BCUT2D eigenvalue weighted by molar-refractivity contribution is 5.79. The van der Waals surface area contributed by atoms with Crippen molar-refractivity contribution in [1.29, 1.82) is 0 Å². The van der Waals surface area contributed by atoms with E-state index in [0.717, 1.165) is 43.4 Å². The van der Waals surface area contributed by atoms with Gasteiger partial charge in [0, 0.05) is 39.6 Å². The van der Waals surface area contributed by atoms with Gasteiger partial charge in [0.15, 0.2) is 17.5 Å². The third-order valence-corrected chi connectivity index (χ3v) is 4.57. The Morgan fingerprint density at radius 3 is 2.59 bits per heavy atom. The monoisotopic (exact) mass is 370 g/mol. The van der Waals surface area contributed by atoms with Crippen LogP contribution in [0.25, 0.3) is 0 Å². The van der Waals surface area contributed by atoms with Crippen molar-refractivity contribution < 1.29 is 9.47 Å². The molecule has 2 rings (SSSR count). The third kappa shape index (κ3) is 5.88. The van der Waals surface area contributed by atoms with E-state index in [1.54, 1.807) is 14.2 Å². The molecule has 146 valence electrons. The lowest BCUT2D eigenvalue weighted by Crippen LogP contribution is -2.40. The van der Waals surface area contributed by atoms with Gasteiger partial charge in [-0.3, -0.25) is 9.98 Å². The lowest BCUT2D eigenvalue weighted by atomic mass is 10.1. The van der Waals surface area contributed by atoms with E-state index in [1.807, 2.05) is 38.6 Å².